The molecule has 0 bridgehead atoms. The number of aromatic nitrogens is 1. The highest BCUT2D eigenvalue weighted by molar-refractivity contribution is 5.83. The van der Waals surface area contributed by atoms with E-state index >= 15 is 0 Å². The van der Waals surface area contributed by atoms with Crippen molar-refractivity contribution < 1.29 is 14.2 Å². The number of methoxy groups -OCH3 is 3. The first-order valence-electron chi connectivity index (χ1n) is 9.26. The van der Waals surface area contributed by atoms with E-state index < -0.39 is 0 Å². The van der Waals surface area contributed by atoms with Gasteiger partial charge in [0.25, 0.3) is 0 Å². The Hall–Kier alpha value is -3.48. The van der Waals surface area contributed by atoms with E-state index in [9.17, 15) is 0 Å². The zero-order valence-electron chi connectivity index (χ0n) is 17.2. The van der Waals surface area contributed by atoms with E-state index in [0.29, 0.717) is 36.3 Å². The summed E-state index contributed by atoms with van der Waals surface area (Å²) >= 11 is 0. The molecular formula is C22H26N4O3. The van der Waals surface area contributed by atoms with Crippen molar-refractivity contribution in [3.05, 3.63) is 59.8 Å². The van der Waals surface area contributed by atoms with E-state index in [-0.39, 0.29) is 0 Å². The van der Waals surface area contributed by atoms with Crippen LogP contribution in [0.4, 0.5) is 0 Å². The molecule has 2 N–H and O–H groups in total. The Bertz CT molecular complexity index is 974. The summed E-state index contributed by atoms with van der Waals surface area (Å²) in [7, 11) is 6.54. The number of para-hydroxylation sites is 1. The number of nitrogens with zero attached hydrogens (tertiary/aromatic N) is 2. The van der Waals surface area contributed by atoms with Gasteiger partial charge in [-0.25, -0.2) is 0 Å². The minimum atomic E-state index is 0.546. The summed E-state index contributed by atoms with van der Waals surface area (Å²) in [6.07, 6.45) is 1.81. The third-order valence-electron chi connectivity index (χ3n) is 4.57. The first-order valence-corrected chi connectivity index (χ1v) is 9.26. The maximum atomic E-state index is 5.41. The molecule has 3 rings (SSSR count). The average molecular weight is 394 g/mol. The third kappa shape index (κ3) is 4.68. The predicted molar refractivity (Wildman–Crippen MR) is 115 cm³/mol. The molecule has 0 amide bonds. The van der Waals surface area contributed by atoms with Gasteiger partial charge < -0.3 is 24.8 Å². The maximum Gasteiger partial charge on any atom is 0.203 e. The van der Waals surface area contributed by atoms with Crippen LogP contribution in [0.3, 0.4) is 0 Å². The van der Waals surface area contributed by atoms with Gasteiger partial charge in [-0.1, -0.05) is 24.3 Å². The lowest BCUT2D eigenvalue weighted by atomic mass is 10.1. The Kier molecular flexibility index (Phi) is 6.73. The first kappa shape index (κ1) is 20.3. The van der Waals surface area contributed by atoms with E-state index in [1.54, 1.807) is 28.4 Å². The Morgan fingerprint density at radius 1 is 0.931 bits per heavy atom. The number of fused-ring (bicyclic) bond motifs is 1. The number of benzene rings is 2. The van der Waals surface area contributed by atoms with Gasteiger partial charge in [-0.15, -0.1) is 0 Å². The molecule has 2 aromatic carbocycles. The summed E-state index contributed by atoms with van der Waals surface area (Å²) in [5.74, 6) is 2.50. The van der Waals surface area contributed by atoms with Gasteiger partial charge >= 0.3 is 0 Å². The number of ether oxygens (including phenoxy) is 3. The van der Waals surface area contributed by atoms with Crippen LogP contribution in [0.15, 0.2) is 53.7 Å². The van der Waals surface area contributed by atoms with Crippen LogP contribution in [0.5, 0.6) is 17.2 Å². The van der Waals surface area contributed by atoms with Crippen molar-refractivity contribution in [2.45, 2.75) is 13.1 Å². The molecule has 0 atom stereocenters. The molecular weight excluding hydrogens is 368 g/mol. The Labute approximate surface area is 170 Å². The van der Waals surface area contributed by atoms with Crippen LogP contribution in [0, 0.1) is 0 Å². The van der Waals surface area contributed by atoms with Crippen LogP contribution in [-0.2, 0) is 13.1 Å². The topological polar surface area (TPSA) is 77.0 Å². The van der Waals surface area contributed by atoms with E-state index in [1.165, 1.54) is 0 Å². The normalized spacial score (nSPS) is 11.2. The van der Waals surface area contributed by atoms with Crippen LogP contribution in [-0.4, -0.2) is 39.3 Å². The lowest BCUT2D eigenvalue weighted by Gasteiger charge is -2.16. The number of nitrogens with one attached hydrogen (secondary N) is 2. The molecule has 29 heavy (non-hydrogen) atoms. The number of hydrogen-bond acceptors (Lipinski definition) is 5. The van der Waals surface area contributed by atoms with Crippen molar-refractivity contribution in [1.29, 1.82) is 0 Å². The molecule has 152 valence electrons. The van der Waals surface area contributed by atoms with Gasteiger partial charge in [-0.2, -0.15) is 0 Å². The highest BCUT2D eigenvalue weighted by Crippen LogP contribution is 2.38. The van der Waals surface area contributed by atoms with E-state index in [1.807, 2.05) is 30.5 Å². The maximum absolute atomic E-state index is 5.41. The summed E-state index contributed by atoms with van der Waals surface area (Å²) in [4.78, 5) is 8.80. The summed E-state index contributed by atoms with van der Waals surface area (Å²) in [6, 6.07) is 14.0. The predicted octanol–water partition coefficient (Wildman–Crippen LogP) is 3.13. The minimum Gasteiger partial charge on any atom is -0.493 e. The van der Waals surface area contributed by atoms with Crippen LogP contribution >= 0.6 is 0 Å². The molecule has 0 spiro atoms. The zero-order valence-corrected chi connectivity index (χ0v) is 17.2. The molecule has 0 saturated heterocycles. The summed E-state index contributed by atoms with van der Waals surface area (Å²) in [5, 5.41) is 7.77. The standard InChI is InChI=1S/C22H26N4O3/c1-23-22(26-14-17-8-5-7-16-9-6-10-24-20(16)17)25-13-15-11-18(27-2)21(29-4)19(12-15)28-3/h5-12H,13-14H2,1-4H3,(H2,23,25,26). The number of aliphatic imine (C=N–C) groups is 1. The van der Waals surface area contributed by atoms with Crippen molar-refractivity contribution in [2.24, 2.45) is 4.99 Å². The van der Waals surface area contributed by atoms with E-state index in [2.05, 4.69) is 38.8 Å². The molecule has 7 nitrogen and oxygen atoms in total. The monoisotopic (exact) mass is 394 g/mol. The highest BCUT2D eigenvalue weighted by Gasteiger charge is 2.13. The second-order valence-electron chi connectivity index (χ2n) is 6.31. The van der Waals surface area contributed by atoms with Gasteiger partial charge in [0.1, 0.15) is 0 Å². The SMILES string of the molecule is CN=C(NCc1cc(OC)c(OC)c(OC)c1)NCc1cccc2cccnc12. The van der Waals surface area contributed by atoms with Crippen molar-refractivity contribution in [3.8, 4) is 17.2 Å². The van der Waals surface area contributed by atoms with Gasteiger partial charge in [0, 0.05) is 31.7 Å². The number of pyridine rings is 1. The van der Waals surface area contributed by atoms with E-state index in [0.717, 1.165) is 22.0 Å². The lowest BCUT2D eigenvalue weighted by Crippen LogP contribution is -2.36. The molecule has 0 unspecified atom stereocenters. The second-order valence-corrected chi connectivity index (χ2v) is 6.31. The van der Waals surface area contributed by atoms with Crippen LogP contribution in [0.1, 0.15) is 11.1 Å². The molecule has 0 saturated carbocycles. The van der Waals surface area contributed by atoms with Gasteiger partial charge in [0.15, 0.2) is 17.5 Å². The first-order chi connectivity index (χ1) is 14.2. The summed E-state index contributed by atoms with van der Waals surface area (Å²) in [5.41, 5.74) is 3.08. The summed E-state index contributed by atoms with van der Waals surface area (Å²) in [6.45, 7) is 1.16. The van der Waals surface area contributed by atoms with Gasteiger partial charge in [0.2, 0.25) is 5.75 Å². The molecule has 0 aliphatic heterocycles. The molecule has 0 aliphatic rings. The lowest BCUT2D eigenvalue weighted by molar-refractivity contribution is 0.323. The molecule has 3 aromatic rings. The van der Waals surface area contributed by atoms with Crippen molar-refractivity contribution in [3.63, 3.8) is 0 Å². The Morgan fingerprint density at radius 3 is 2.28 bits per heavy atom. The molecule has 1 aromatic heterocycles. The molecule has 1 heterocycles. The fourth-order valence-corrected chi connectivity index (χ4v) is 3.13. The smallest absolute Gasteiger partial charge is 0.203 e. The van der Waals surface area contributed by atoms with Crippen molar-refractivity contribution in [2.75, 3.05) is 28.4 Å². The van der Waals surface area contributed by atoms with Crippen LogP contribution < -0.4 is 24.8 Å². The van der Waals surface area contributed by atoms with Gasteiger partial charge in [-0.05, 0) is 29.3 Å². The average Bonchev–Trinajstić information content (AvgIpc) is 2.78. The molecule has 0 radical (unpaired) electrons. The van der Waals surface area contributed by atoms with Crippen LogP contribution in [0.25, 0.3) is 10.9 Å². The van der Waals surface area contributed by atoms with Crippen LogP contribution in [0.2, 0.25) is 0 Å². The second kappa shape index (κ2) is 9.64. The quantitative estimate of drug-likeness (QED) is 0.474. The largest absolute Gasteiger partial charge is 0.493 e. The molecule has 0 aliphatic carbocycles. The summed E-state index contributed by atoms with van der Waals surface area (Å²) < 4.78 is 16.2. The fourth-order valence-electron chi connectivity index (χ4n) is 3.13. The van der Waals surface area contributed by atoms with Gasteiger partial charge in [0.05, 0.1) is 26.8 Å². The van der Waals surface area contributed by atoms with Crippen molar-refractivity contribution in [1.82, 2.24) is 15.6 Å². The highest BCUT2D eigenvalue weighted by atomic mass is 16.5. The Morgan fingerprint density at radius 2 is 1.62 bits per heavy atom. The van der Waals surface area contributed by atoms with E-state index in [4.69, 9.17) is 14.2 Å². The number of rotatable bonds is 7. The fraction of sp³-hybridized carbons (Fsp3) is 0.273. The zero-order chi connectivity index (χ0) is 20.6. The number of hydrogen-bond donors (Lipinski definition) is 2. The Balaban J connectivity index is 1.68. The number of guanidine groups is 1. The minimum absolute atomic E-state index is 0.546. The molecule has 0 fully saturated rings. The molecule has 7 heteroatoms. The third-order valence-corrected chi connectivity index (χ3v) is 4.57. The van der Waals surface area contributed by atoms with Crippen molar-refractivity contribution >= 4 is 16.9 Å². The van der Waals surface area contributed by atoms with Gasteiger partial charge in [-0.3, -0.25) is 9.98 Å².